The van der Waals surface area contributed by atoms with Gasteiger partial charge in [-0.3, -0.25) is 4.79 Å². The summed E-state index contributed by atoms with van der Waals surface area (Å²) in [6.07, 6.45) is 4.60. The zero-order valence-electron chi connectivity index (χ0n) is 15.5. The molecule has 0 spiro atoms. The lowest BCUT2D eigenvalue weighted by Gasteiger charge is -2.14. The summed E-state index contributed by atoms with van der Waals surface area (Å²) in [7, 11) is -3.24. The third-order valence-corrected chi connectivity index (χ3v) is 6.38. The van der Waals surface area contributed by atoms with Crippen LogP contribution in [0.2, 0.25) is 0 Å². The van der Waals surface area contributed by atoms with Crippen LogP contribution in [-0.2, 0) is 9.84 Å². The zero-order chi connectivity index (χ0) is 19.9. The summed E-state index contributed by atoms with van der Waals surface area (Å²) in [4.78, 5) is 21.2. The summed E-state index contributed by atoms with van der Waals surface area (Å²) in [6.45, 7) is 4.12. The molecular weight excluding hydrogens is 374 g/mol. The molecule has 1 N–H and O–H groups in total. The molecule has 6 nitrogen and oxygen atoms in total. The van der Waals surface area contributed by atoms with E-state index in [2.05, 4.69) is 41.3 Å². The van der Waals surface area contributed by atoms with Gasteiger partial charge in [-0.25, -0.2) is 18.4 Å². The van der Waals surface area contributed by atoms with E-state index in [4.69, 9.17) is 0 Å². The van der Waals surface area contributed by atoms with E-state index in [-0.39, 0.29) is 11.7 Å². The van der Waals surface area contributed by atoms with Crippen LogP contribution in [0, 0.1) is 13.8 Å². The van der Waals surface area contributed by atoms with E-state index >= 15 is 0 Å². The Kier molecular flexibility index (Phi) is 4.47. The molecule has 1 atom stereocenters. The number of benzene rings is 2. The second-order valence-electron chi connectivity index (χ2n) is 6.98. The van der Waals surface area contributed by atoms with E-state index < -0.39 is 15.9 Å². The lowest BCUT2D eigenvalue weighted by molar-refractivity contribution is 0.0949. The van der Waals surface area contributed by atoms with Gasteiger partial charge in [-0.05, 0) is 48.2 Å². The van der Waals surface area contributed by atoms with Gasteiger partial charge in [0.25, 0.3) is 5.91 Å². The van der Waals surface area contributed by atoms with Crippen molar-refractivity contribution in [2.45, 2.75) is 19.9 Å². The van der Waals surface area contributed by atoms with Gasteiger partial charge in [0.1, 0.15) is 6.33 Å². The highest BCUT2D eigenvalue weighted by atomic mass is 32.2. The summed E-state index contributed by atoms with van der Waals surface area (Å²) in [5.74, 6) is -0.478. The topological polar surface area (TPSA) is 89.0 Å². The SMILES string of the molecule is Cc1ccc(-c2ccc(C(=O)N[C@@H]3C=CS(=O)(=O)C3)c3ncncc23)cc1C. The van der Waals surface area contributed by atoms with Crippen LogP contribution in [0.5, 0.6) is 0 Å². The quantitative estimate of drug-likeness (QED) is 0.739. The molecule has 0 fully saturated rings. The summed E-state index contributed by atoms with van der Waals surface area (Å²) in [5.41, 5.74) is 5.28. The largest absolute Gasteiger partial charge is 0.345 e. The third-order valence-electron chi connectivity index (χ3n) is 4.98. The van der Waals surface area contributed by atoms with Gasteiger partial charge in [-0.1, -0.05) is 24.3 Å². The number of aromatic nitrogens is 2. The Morgan fingerprint density at radius 2 is 1.96 bits per heavy atom. The Balaban J connectivity index is 1.74. The molecule has 3 aromatic rings. The molecule has 1 aliphatic heterocycles. The van der Waals surface area contributed by atoms with Crippen LogP contribution in [0.1, 0.15) is 21.5 Å². The van der Waals surface area contributed by atoms with Crippen molar-refractivity contribution in [3.8, 4) is 11.1 Å². The molecule has 0 bridgehead atoms. The second-order valence-corrected chi connectivity index (χ2v) is 8.91. The molecule has 0 radical (unpaired) electrons. The van der Waals surface area contributed by atoms with Crippen LogP contribution < -0.4 is 5.32 Å². The van der Waals surface area contributed by atoms with Gasteiger partial charge in [-0.2, -0.15) is 0 Å². The fourth-order valence-corrected chi connectivity index (χ4v) is 4.57. The Bertz CT molecular complexity index is 1230. The number of amides is 1. The van der Waals surface area contributed by atoms with E-state index in [0.29, 0.717) is 11.1 Å². The fourth-order valence-electron chi connectivity index (χ4n) is 3.33. The lowest BCUT2D eigenvalue weighted by atomic mass is 9.96. The monoisotopic (exact) mass is 393 g/mol. The van der Waals surface area contributed by atoms with Gasteiger partial charge in [0, 0.05) is 17.0 Å². The van der Waals surface area contributed by atoms with Crippen LogP contribution in [0.15, 0.2) is 54.3 Å². The summed E-state index contributed by atoms with van der Waals surface area (Å²) >= 11 is 0. The first kappa shape index (κ1) is 18.3. The Labute approximate surface area is 163 Å². The number of carbonyl (C=O) groups is 1. The Morgan fingerprint density at radius 3 is 2.68 bits per heavy atom. The molecule has 0 aliphatic carbocycles. The number of nitrogens with one attached hydrogen (secondary N) is 1. The molecule has 1 aliphatic rings. The van der Waals surface area contributed by atoms with Crippen LogP contribution in [-0.4, -0.2) is 36.1 Å². The average molecular weight is 393 g/mol. The first-order valence-electron chi connectivity index (χ1n) is 8.86. The highest BCUT2D eigenvalue weighted by Crippen LogP contribution is 2.30. The molecule has 2 heterocycles. The molecule has 0 saturated heterocycles. The van der Waals surface area contributed by atoms with Crippen LogP contribution in [0.25, 0.3) is 22.0 Å². The average Bonchev–Trinajstić information content (AvgIpc) is 3.01. The van der Waals surface area contributed by atoms with Gasteiger partial charge in [0.05, 0.1) is 22.9 Å². The third kappa shape index (κ3) is 3.41. The van der Waals surface area contributed by atoms with Crippen molar-refractivity contribution in [1.82, 2.24) is 15.3 Å². The van der Waals surface area contributed by atoms with Crippen LogP contribution in [0.3, 0.4) is 0 Å². The van der Waals surface area contributed by atoms with Gasteiger partial charge >= 0.3 is 0 Å². The Morgan fingerprint density at radius 1 is 1.14 bits per heavy atom. The Hall–Kier alpha value is -3.06. The fraction of sp³-hybridized carbons (Fsp3) is 0.190. The van der Waals surface area contributed by atoms with Crippen molar-refractivity contribution >= 4 is 26.6 Å². The second kappa shape index (κ2) is 6.83. The molecule has 0 saturated carbocycles. The van der Waals surface area contributed by atoms with E-state index in [1.807, 2.05) is 12.1 Å². The number of sulfone groups is 1. The molecule has 28 heavy (non-hydrogen) atoms. The molecule has 2 aromatic carbocycles. The van der Waals surface area contributed by atoms with Crippen LogP contribution in [0.4, 0.5) is 0 Å². The number of rotatable bonds is 3. The molecule has 7 heteroatoms. The molecule has 1 aromatic heterocycles. The minimum atomic E-state index is -3.24. The maximum atomic E-state index is 12.8. The highest BCUT2D eigenvalue weighted by molar-refractivity contribution is 7.94. The number of nitrogens with zero attached hydrogens (tertiary/aromatic N) is 2. The van der Waals surface area contributed by atoms with Crippen molar-refractivity contribution < 1.29 is 13.2 Å². The minimum absolute atomic E-state index is 0.119. The normalized spacial score (nSPS) is 17.7. The number of carbonyl (C=O) groups excluding carboxylic acids is 1. The van der Waals surface area contributed by atoms with Gasteiger partial charge in [0.2, 0.25) is 0 Å². The predicted octanol–water partition coefficient (Wildman–Crippen LogP) is 2.95. The number of fused-ring (bicyclic) bond motifs is 1. The smallest absolute Gasteiger partial charge is 0.253 e. The van der Waals surface area contributed by atoms with Crippen molar-refractivity contribution in [3.63, 3.8) is 0 Å². The van der Waals surface area contributed by atoms with E-state index in [0.717, 1.165) is 21.9 Å². The molecule has 142 valence electrons. The van der Waals surface area contributed by atoms with Gasteiger partial charge in [-0.15, -0.1) is 0 Å². The lowest BCUT2D eigenvalue weighted by Crippen LogP contribution is -2.35. The van der Waals surface area contributed by atoms with E-state index in [1.165, 1.54) is 23.5 Å². The maximum Gasteiger partial charge on any atom is 0.253 e. The van der Waals surface area contributed by atoms with Gasteiger partial charge in [0.15, 0.2) is 9.84 Å². The summed E-state index contributed by atoms with van der Waals surface area (Å²) in [5, 5.41) is 4.66. The number of aryl methyl sites for hydroxylation is 2. The highest BCUT2D eigenvalue weighted by Gasteiger charge is 2.24. The molecule has 4 rings (SSSR count). The number of hydrogen-bond acceptors (Lipinski definition) is 5. The first-order chi connectivity index (χ1) is 13.3. The predicted molar refractivity (Wildman–Crippen MR) is 109 cm³/mol. The standard InChI is InChI=1S/C21H19N3O3S/c1-13-3-4-15(9-14(13)2)17-5-6-18(20-19(17)10-22-12-23-20)21(25)24-16-7-8-28(26,27)11-16/h3-10,12,16H,11H2,1-2H3,(H,24,25)/t16-/m1/s1. The van der Waals surface area contributed by atoms with E-state index in [1.54, 1.807) is 12.3 Å². The number of hydrogen-bond donors (Lipinski definition) is 1. The summed E-state index contributed by atoms with van der Waals surface area (Å²) < 4.78 is 23.1. The molecular formula is C21H19N3O3S. The molecule has 1 amide bonds. The zero-order valence-corrected chi connectivity index (χ0v) is 16.3. The van der Waals surface area contributed by atoms with Crippen molar-refractivity contribution in [2.75, 3.05) is 5.75 Å². The maximum absolute atomic E-state index is 12.8. The van der Waals surface area contributed by atoms with Crippen molar-refractivity contribution in [1.29, 1.82) is 0 Å². The van der Waals surface area contributed by atoms with Crippen molar-refractivity contribution in [2.24, 2.45) is 0 Å². The van der Waals surface area contributed by atoms with E-state index in [9.17, 15) is 13.2 Å². The van der Waals surface area contributed by atoms with Gasteiger partial charge < -0.3 is 5.32 Å². The summed E-state index contributed by atoms with van der Waals surface area (Å²) in [6, 6.07) is 9.28. The molecule has 0 unspecified atom stereocenters. The van der Waals surface area contributed by atoms with Crippen molar-refractivity contribution in [3.05, 3.63) is 71.0 Å². The minimum Gasteiger partial charge on any atom is -0.345 e. The first-order valence-corrected chi connectivity index (χ1v) is 10.6. The van der Waals surface area contributed by atoms with Crippen LogP contribution >= 0.6 is 0 Å².